The van der Waals surface area contributed by atoms with Gasteiger partial charge in [-0.3, -0.25) is 4.79 Å². The Morgan fingerprint density at radius 1 is 1.44 bits per heavy atom. The minimum absolute atomic E-state index is 0.0296. The van der Waals surface area contributed by atoms with Crippen molar-refractivity contribution in [1.82, 2.24) is 5.32 Å². The van der Waals surface area contributed by atoms with E-state index in [1.807, 2.05) is 32.0 Å². The summed E-state index contributed by atoms with van der Waals surface area (Å²) in [5.74, 6) is -1.13. The molecule has 0 heterocycles. The van der Waals surface area contributed by atoms with Crippen LogP contribution in [-0.4, -0.2) is 17.1 Å². The third-order valence-electron chi connectivity index (χ3n) is 2.85. The van der Waals surface area contributed by atoms with Crippen molar-refractivity contribution in [1.29, 1.82) is 0 Å². The van der Waals surface area contributed by atoms with Gasteiger partial charge in [-0.1, -0.05) is 36.8 Å². The molecule has 3 heteroatoms. The van der Waals surface area contributed by atoms with Gasteiger partial charge in [-0.05, 0) is 19.4 Å². The van der Waals surface area contributed by atoms with Gasteiger partial charge in [0.05, 0.1) is 5.92 Å². The molecule has 88 valence electrons. The Bertz CT molecular complexity index is 363. The Hall–Kier alpha value is -1.35. The zero-order valence-corrected chi connectivity index (χ0v) is 10.0. The highest BCUT2D eigenvalue weighted by Crippen LogP contribution is 2.06. The zero-order chi connectivity index (χ0) is 12.1. The van der Waals surface area contributed by atoms with Gasteiger partial charge in [0.2, 0.25) is 0 Å². The van der Waals surface area contributed by atoms with E-state index in [1.165, 1.54) is 11.1 Å². The van der Waals surface area contributed by atoms with E-state index in [0.29, 0.717) is 6.54 Å². The third kappa shape index (κ3) is 3.66. The lowest BCUT2D eigenvalue weighted by Gasteiger charge is -2.17. The fraction of sp³-hybridized carbons (Fsp3) is 0.462. The standard InChI is InChI=1S/C13H19NO2/c1-9-5-4-6-12(7-9)8-14-11(3)10(2)13(15)16/h4-7,10-11,14H,8H2,1-3H3,(H,15,16). The molecular formula is C13H19NO2. The molecule has 3 nitrogen and oxygen atoms in total. The van der Waals surface area contributed by atoms with E-state index >= 15 is 0 Å². The summed E-state index contributed by atoms with van der Waals surface area (Å²) in [6, 6.07) is 8.17. The first kappa shape index (κ1) is 12.7. The molecule has 0 aliphatic rings. The molecule has 2 atom stereocenters. The van der Waals surface area contributed by atoms with Crippen LogP contribution >= 0.6 is 0 Å². The Kier molecular flexibility index (Phi) is 4.50. The van der Waals surface area contributed by atoms with Crippen LogP contribution in [0.1, 0.15) is 25.0 Å². The van der Waals surface area contributed by atoms with Crippen molar-refractivity contribution in [2.75, 3.05) is 0 Å². The van der Waals surface area contributed by atoms with E-state index in [1.54, 1.807) is 6.92 Å². The number of rotatable bonds is 5. The van der Waals surface area contributed by atoms with Crippen LogP contribution in [0.25, 0.3) is 0 Å². The van der Waals surface area contributed by atoms with Crippen LogP contribution in [-0.2, 0) is 11.3 Å². The van der Waals surface area contributed by atoms with Crippen LogP contribution in [0.2, 0.25) is 0 Å². The molecule has 0 amide bonds. The van der Waals surface area contributed by atoms with Gasteiger partial charge in [-0.15, -0.1) is 0 Å². The quantitative estimate of drug-likeness (QED) is 0.801. The molecule has 1 aromatic carbocycles. The van der Waals surface area contributed by atoms with E-state index < -0.39 is 5.97 Å². The Morgan fingerprint density at radius 3 is 2.69 bits per heavy atom. The maximum absolute atomic E-state index is 10.8. The maximum Gasteiger partial charge on any atom is 0.307 e. The van der Waals surface area contributed by atoms with Gasteiger partial charge in [-0.25, -0.2) is 0 Å². The fourth-order valence-corrected chi connectivity index (χ4v) is 1.49. The first-order chi connectivity index (χ1) is 7.50. The molecule has 2 unspecified atom stereocenters. The molecule has 1 rings (SSSR count). The topological polar surface area (TPSA) is 49.3 Å². The summed E-state index contributed by atoms with van der Waals surface area (Å²) in [5, 5.41) is 12.1. The number of aryl methyl sites for hydroxylation is 1. The Morgan fingerprint density at radius 2 is 2.12 bits per heavy atom. The smallest absolute Gasteiger partial charge is 0.307 e. The minimum Gasteiger partial charge on any atom is -0.481 e. The number of carboxylic acids is 1. The highest BCUT2D eigenvalue weighted by Gasteiger charge is 2.18. The van der Waals surface area contributed by atoms with Crippen LogP contribution in [0.5, 0.6) is 0 Å². The van der Waals surface area contributed by atoms with Crippen molar-refractivity contribution in [3.8, 4) is 0 Å². The SMILES string of the molecule is Cc1cccc(CNC(C)C(C)C(=O)O)c1. The summed E-state index contributed by atoms with van der Waals surface area (Å²) in [6.07, 6.45) is 0. The van der Waals surface area contributed by atoms with E-state index in [-0.39, 0.29) is 12.0 Å². The maximum atomic E-state index is 10.8. The van der Waals surface area contributed by atoms with Gasteiger partial charge < -0.3 is 10.4 Å². The number of hydrogen-bond donors (Lipinski definition) is 2. The fourth-order valence-electron chi connectivity index (χ4n) is 1.49. The summed E-state index contributed by atoms with van der Waals surface area (Å²) >= 11 is 0. The molecule has 0 aliphatic carbocycles. The second kappa shape index (κ2) is 5.66. The molecule has 16 heavy (non-hydrogen) atoms. The van der Waals surface area contributed by atoms with Crippen LogP contribution in [0, 0.1) is 12.8 Å². The summed E-state index contributed by atoms with van der Waals surface area (Å²) in [4.78, 5) is 10.8. The molecular weight excluding hydrogens is 202 g/mol. The van der Waals surface area contributed by atoms with Crippen molar-refractivity contribution >= 4 is 5.97 Å². The lowest BCUT2D eigenvalue weighted by molar-refractivity contribution is -0.141. The summed E-state index contributed by atoms with van der Waals surface area (Å²) in [7, 11) is 0. The third-order valence-corrected chi connectivity index (χ3v) is 2.85. The van der Waals surface area contributed by atoms with Crippen molar-refractivity contribution in [3.05, 3.63) is 35.4 Å². The molecule has 0 saturated heterocycles. The molecule has 0 aromatic heterocycles. The van der Waals surface area contributed by atoms with Gasteiger partial charge in [0.15, 0.2) is 0 Å². The average molecular weight is 221 g/mol. The molecule has 0 aliphatic heterocycles. The first-order valence-corrected chi connectivity index (χ1v) is 5.52. The zero-order valence-electron chi connectivity index (χ0n) is 10.0. The predicted octanol–water partition coefficient (Wildman–Crippen LogP) is 2.19. The van der Waals surface area contributed by atoms with Crippen molar-refractivity contribution in [2.45, 2.75) is 33.4 Å². The number of carbonyl (C=O) groups is 1. The van der Waals surface area contributed by atoms with Crippen LogP contribution in [0.15, 0.2) is 24.3 Å². The second-order valence-electron chi connectivity index (χ2n) is 4.29. The molecule has 0 fully saturated rings. The van der Waals surface area contributed by atoms with Crippen LogP contribution in [0.4, 0.5) is 0 Å². The predicted molar refractivity (Wildman–Crippen MR) is 64.3 cm³/mol. The minimum atomic E-state index is -0.760. The molecule has 1 aromatic rings. The van der Waals surface area contributed by atoms with E-state index in [0.717, 1.165) is 0 Å². The van der Waals surface area contributed by atoms with Gasteiger partial charge in [0.1, 0.15) is 0 Å². The highest BCUT2D eigenvalue weighted by molar-refractivity contribution is 5.70. The molecule has 0 spiro atoms. The van der Waals surface area contributed by atoms with Crippen LogP contribution in [0.3, 0.4) is 0 Å². The highest BCUT2D eigenvalue weighted by atomic mass is 16.4. The van der Waals surface area contributed by atoms with Gasteiger partial charge in [0, 0.05) is 12.6 Å². The lowest BCUT2D eigenvalue weighted by Crippen LogP contribution is -2.35. The monoisotopic (exact) mass is 221 g/mol. The Balaban J connectivity index is 2.48. The van der Waals surface area contributed by atoms with Gasteiger partial charge in [-0.2, -0.15) is 0 Å². The number of benzene rings is 1. The molecule has 2 N–H and O–H groups in total. The largest absolute Gasteiger partial charge is 0.481 e. The van der Waals surface area contributed by atoms with E-state index in [2.05, 4.69) is 11.4 Å². The Labute approximate surface area is 96.5 Å². The first-order valence-electron chi connectivity index (χ1n) is 5.52. The normalized spacial score (nSPS) is 14.4. The summed E-state index contributed by atoms with van der Waals surface area (Å²) < 4.78 is 0. The van der Waals surface area contributed by atoms with Crippen molar-refractivity contribution in [3.63, 3.8) is 0 Å². The van der Waals surface area contributed by atoms with E-state index in [9.17, 15) is 4.79 Å². The van der Waals surface area contributed by atoms with Crippen molar-refractivity contribution < 1.29 is 9.90 Å². The molecule has 0 bridgehead atoms. The molecule has 0 saturated carbocycles. The van der Waals surface area contributed by atoms with E-state index in [4.69, 9.17) is 5.11 Å². The number of carboxylic acid groups (broad SMARTS) is 1. The summed E-state index contributed by atoms with van der Waals surface area (Å²) in [6.45, 7) is 6.37. The lowest BCUT2D eigenvalue weighted by atomic mass is 10.0. The number of aliphatic carboxylic acids is 1. The summed E-state index contributed by atoms with van der Waals surface area (Å²) in [5.41, 5.74) is 2.41. The van der Waals surface area contributed by atoms with Gasteiger partial charge >= 0.3 is 5.97 Å². The van der Waals surface area contributed by atoms with Gasteiger partial charge in [0.25, 0.3) is 0 Å². The second-order valence-corrected chi connectivity index (χ2v) is 4.29. The number of nitrogens with one attached hydrogen (secondary N) is 1. The average Bonchev–Trinajstić information content (AvgIpc) is 2.24. The van der Waals surface area contributed by atoms with Crippen LogP contribution < -0.4 is 5.32 Å². The molecule has 0 radical (unpaired) electrons. The van der Waals surface area contributed by atoms with Crippen molar-refractivity contribution in [2.24, 2.45) is 5.92 Å². The number of hydrogen-bond acceptors (Lipinski definition) is 2.